The van der Waals surface area contributed by atoms with Crippen molar-refractivity contribution in [2.45, 2.75) is 24.6 Å². The van der Waals surface area contributed by atoms with E-state index in [1.54, 1.807) is 0 Å². The maximum atomic E-state index is 14.2. The van der Waals surface area contributed by atoms with Crippen molar-refractivity contribution < 1.29 is 13.6 Å². The van der Waals surface area contributed by atoms with Gasteiger partial charge in [0, 0.05) is 12.5 Å². The normalized spacial score (nSPS) is 22.0. The van der Waals surface area contributed by atoms with E-state index in [1.165, 1.54) is 23.7 Å². The minimum Gasteiger partial charge on any atom is -0.273 e. The van der Waals surface area contributed by atoms with Crippen LogP contribution in [0, 0.1) is 11.6 Å². The number of carbonyl (C=O) groups is 1. The predicted octanol–water partition coefficient (Wildman–Crippen LogP) is 4.02. The van der Waals surface area contributed by atoms with E-state index in [0.717, 1.165) is 35.7 Å². The topological polar surface area (TPSA) is 32.7 Å². The summed E-state index contributed by atoms with van der Waals surface area (Å²) in [7, 11) is 0. The fourth-order valence-corrected chi connectivity index (χ4v) is 4.85. The number of rotatable bonds is 1. The number of hydrazone groups is 1. The summed E-state index contributed by atoms with van der Waals surface area (Å²) in [5, 5.41) is 6.10. The molecule has 0 fully saturated rings. The van der Waals surface area contributed by atoms with Crippen LogP contribution in [-0.2, 0) is 16.1 Å². The molecule has 1 amide bonds. The number of aryl methyl sites for hydroxylation is 1. The second kappa shape index (κ2) is 5.41. The van der Waals surface area contributed by atoms with Crippen LogP contribution >= 0.6 is 11.8 Å². The second-order valence-electron chi connectivity index (χ2n) is 5.90. The van der Waals surface area contributed by atoms with E-state index in [1.807, 2.05) is 24.3 Å². The highest BCUT2D eigenvalue weighted by atomic mass is 32.2. The van der Waals surface area contributed by atoms with Gasteiger partial charge in [-0.25, -0.2) is 13.8 Å². The standard InChI is InChI=1S/C18H14F2N2OS/c1-11(23)22-18(9-8-12-4-2-3-5-15(12)18)24-17(21-22)14-10-13(19)6-7-16(14)20/h2-7,10H,8-9H2,1H3/t18-/m0/s1. The summed E-state index contributed by atoms with van der Waals surface area (Å²) in [5.41, 5.74) is 2.26. The third-order valence-corrected chi connectivity index (χ3v) is 5.86. The van der Waals surface area contributed by atoms with Crippen LogP contribution < -0.4 is 0 Å². The van der Waals surface area contributed by atoms with Gasteiger partial charge >= 0.3 is 0 Å². The van der Waals surface area contributed by atoms with Gasteiger partial charge in [-0.15, -0.1) is 0 Å². The number of carbonyl (C=O) groups excluding carboxylic acids is 1. The van der Waals surface area contributed by atoms with Crippen LogP contribution in [0.1, 0.15) is 30.0 Å². The van der Waals surface area contributed by atoms with Crippen molar-refractivity contribution in [2.75, 3.05) is 0 Å². The maximum absolute atomic E-state index is 14.2. The van der Waals surface area contributed by atoms with Crippen LogP contribution in [0.15, 0.2) is 47.6 Å². The molecule has 1 aliphatic heterocycles. The van der Waals surface area contributed by atoms with E-state index >= 15 is 0 Å². The molecule has 0 radical (unpaired) electrons. The van der Waals surface area contributed by atoms with Gasteiger partial charge in [0.2, 0.25) is 5.91 Å². The zero-order valence-corrected chi connectivity index (χ0v) is 13.7. The van der Waals surface area contributed by atoms with Crippen LogP contribution in [0.25, 0.3) is 0 Å². The molecule has 3 nitrogen and oxygen atoms in total. The fourth-order valence-electron chi connectivity index (χ4n) is 3.37. The van der Waals surface area contributed by atoms with E-state index < -0.39 is 16.5 Å². The van der Waals surface area contributed by atoms with Crippen molar-refractivity contribution in [3.05, 3.63) is 70.8 Å². The molecule has 24 heavy (non-hydrogen) atoms. The van der Waals surface area contributed by atoms with Gasteiger partial charge in [-0.3, -0.25) is 4.79 Å². The van der Waals surface area contributed by atoms with Gasteiger partial charge in [0.25, 0.3) is 0 Å². The molecular weight excluding hydrogens is 330 g/mol. The van der Waals surface area contributed by atoms with Crippen molar-refractivity contribution in [3.8, 4) is 0 Å². The molecule has 2 aliphatic rings. The largest absolute Gasteiger partial charge is 0.273 e. The molecule has 0 bridgehead atoms. The predicted molar refractivity (Wildman–Crippen MR) is 89.4 cm³/mol. The molecule has 122 valence electrons. The molecule has 1 spiro atoms. The number of hydrogen-bond donors (Lipinski definition) is 0. The summed E-state index contributed by atoms with van der Waals surface area (Å²) < 4.78 is 27.7. The first-order valence-electron chi connectivity index (χ1n) is 7.63. The SMILES string of the molecule is CC(=O)N1N=C(c2cc(F)ccc2F)S[C@]12CCc1ccccc12. The van der Waals surface area contributed by atoms with Gasteiger partial charge in [-0.05, 0) is 42.2 Å². The Bertz CT molecular complexity index is 883. The molecule has 0 N–H and O–H groups in total. The lowest BCUT2D eigenvalue weighted by atomic mass is 10.1. The molecule has 2 aromatic carbocycles. The first kappa shape index (κ1) is 15.3. The first-order chi connectivity index (χ1) is 11.5. The Balaban J connectivity index is 1.83. The molecule has 0 saturated heterocycles. The number of hydrogen-bond acceptors (Lipinski definition) is 3. The molecule has 4 rings (SSSR count). The van der Waals surface area contributed by atoms with E-state index in [2.05, 4.69) is 5.10 Å². The molecule has 0 aromatic heterocycles. The minimum atomic E-state index is -0.670. The molecule has 0 unspecified atom stereocenters. The zero-order valence-electron chi connectivity index (χ0n) is 12.9. The monoisotopic (exact) mass is 344 g/mol. The molecule has 1 atom stereocenters. The third-order valence-electron chi connectivity index (χ3n) is 4.43. The number of benzene rings is 2. The van der Waals surface area contributed by atoms with Gasteiger partial charge in [-0.2, -0.15) is 5.10 Å². The molecule has 1 heterocycles. The first-order valence-corrected chi connectivity index (χ1v) is 8.45. The van der Waals surface area contributed by atoms with Crippen LogP contribution in [0.4, 0.5) is 8.78 Å². The van der Waals surface area contributed by atoms with Crippen molar-refractivity contribution in [1.82, 2.24) is 5.01 Å². The lowest BCUT2D eigenvalue weighted by molar-refractivity contribution is -0.132. The Morgan fingerprint density at radius 3 is 2.83 bits per heavy atom. The van der Waals surface area contributed by atoms with Crippen LogP contribution in [-0.4, -0.2) is 16.0 Å². The Labute approximate surface area is 142 Å². The van der Waals surface area contributed by atoms with Crippen LogP contribution in [0.3, 0.4) is 0 Å². The molecular formula is C18H14F2N2OS. The Morgan fingerprint density at radius 2 is 2.04 bits per heavy atom. The summed E-state index contributed by atoms with van der Waals surface area (Å²) in [6.07, 6.45) is 1.52. The molecule has 2 aromatic rings. The number of halogens is 2. The zero-order chi connectivity index (χ0) is 16.9. The fraction of sp³-hybridized carbons (Fsp3) is 0.222. The summed E-state index contributed by atoms with van der Waals surface area (Å²) in [5.74, 6) is -1.29. The highest BCUT2D eigenvalue weighted by Gasteiger charge is 2.51. The summed E-state index contributed by atoms with van der Waals surface area (Å²) in [4.78, 5) is 11.5. The smallest absolute Gasteiger partial charge is 0.241 e. The van der Waals surface area contributed by atoms with Crippen LogP contribution in [0.2, 0.25) is 0 Å². The van der Waals surface area contributed by atoms with Gasteiger partial charge in [0.15, 0.2) is 0 Å². The highest BCUT2D eigenvalue weighted by Crippen LogP contribution is 2.54. The Hall–Kier alpha value is -2.21. The second-order valence-corrected chi connectivity index (χ2v) is 7.17. The Kier molecular flexibility index (Phi) is 3.46. The van der Waals surface area contributed by atoms with Gasteiger partial charge in [-0.1, -0.05) is 36.0 Å². The van der Waals surface area contributed by atoms with Crippen molar-refractivity contribution >= 4 is 22.7 Å². The average Bonchev–Trinajstić information content (AvgIpc) is 3.13. The van der Waals surface area contributed by atoms with Crippen molar-refractivity contribution in [2.24, 2.45) is 5.10 Å². The van der Waals surface area contributed by atoms with Gasteiger partial charge in [0.05, 0.1) is 0 Å². The minimum absolute atomic E-state index is 0.0903. The number of nitrogens with zero attached hydrogens (tertiary/aromatic N) is 2. The quantitative estimate of drug-likeness (QED) is 0.783. The maximum Gasteiger partial charge on any atom is 0.241 e. The van der Waals surface area contributed by atoms with Gasteiger partial charge < -0.3 is 0 Å². The average molecular weight is 344 g/mol. The highest BCUT2D eigenvalue weighted by molar-refractivity contribution is 8.15. The number of amides is 1. The van der Waals surface area contributed by atoms with Crippen molar-refractivity contribution in [1.29, 1.82) is 0 Å². The van der Waals surface area contributed by atoms with E-state index in [0.29, 0.717) is 11.5 Å². The van der Waals surface area contributed by atoms with Crippen molar-refractivity contribution in [3.63, 3.8) is 0 Å². The lowest BCUT2D eigenvalue weighted by Gasteiger charge is -2.31. The lowest BCUT2D eigenvalue weighted by Crippen LogP contribution is -2.38. The van der Waals surface area contributed by atoms with Gasteiger partial charge in [0.1, 0.15) is 21.5 Å². The van der Waals surface area contributed by atoms with E-state index in [4.69, 9.17) is 0 Å². The number of fused-ring (bicyclic) bond motifs is 2. The summed E-state index contributed by atoms with van der Waals surface area (Å²) in [6, 6.07) is 11.2. The van der Waals surface area contributed by atoms with Crippen LogP contribution in [0.5, 0.6) is 0 Å². The third kappa shape index (κ3) is 2.17. The Morgan fingerprint density at radius 1 is 1.25 bits per heavy atom. The molecule has 1 aliphatic carbocycles. The molecule has 6 heteroatoms. The van der Waals surface area contributed by atoms with E-state index in [-0.39, 0.29) is 11.5 Å². The van der Waals surface area contributed by atoms with E-state index in [9.17, 15) is 13.6 Å². The summed E-state index contributed by atoms with van der Waals surface area (Å²) >= 11 is 1.32. The molecule has 0 saturated carbocycles. The summed E-state index contributed by atoms with van der Waals surface area (Å²) in [6.45, 7) is 1.44. The number of thioether (sulfide) groups is 1.